The summed E-state index contributed by atoms with van der Waals surface area (Å²) in [6.45, 7) is 4.25. The van der Waals surface area contributed by atoms with Gasteiger partial charge in [0, 0.05) is 17.3 Å². The fourth-order valence-corrected chi connectivity index (χ4v) is 6.39. The zero-order valence-electron chi connectivity index (χ0n) is 17.0. The number of hydrogen-bond acceptors (Lipinski definition) is 6. The number of halogens is 1. The maximum atomic E-state index is 13.3. The van der Waals surface area contributed by atoms with Crippen molar-refractivity contribution in [3.05, 3.63) is 68.6 Å². The number of hydrogen-bond donors (Lipinski definition) is 1. The van der Waals surface area contributed by atoms with E-state index in [1.165, 1.54) is 4.31 Å². The Hall–Kier alpha value is -2.33. The Kier molecular flexibility index (Phi) is 6.11. The number of carbonyl (C=O) groups is 1. The highest BCUT2D eigenvalue weighted by atomic mass is 35.5. The molecular weight excluding hydrogens is 456 g/mol. The molecule has 1 N–H and O–H groups in total. The Bertz CT molecular complexity index is 1240. The van der Waals surface area contributed by atoms with Gasteiger partial charge in [0.15, 0.2) is 0 Å². The van der Waals surface area contributed by atoms with Gasteiger partial charge in [-0.3, -0.25) is 4.79 Å². The molecule has 1 unspecified atom stereocenters. The van der Waals surface area contributed by atoms with Crippen LogP contribution in [0.5, 0.6) is 0 Å². The van der Waals surface area contributed by atoms with Gasteiger partial charge in [-0.2, -0.15) is 4.31 Å². The number of aryl methyl sites for hydroxylation is 2. The number of carbonyl (C=O) groups excluding carboxylic acids is 1. The van der Waals surface area contributed by atoms with Crippen LogP contribution in [0.4, 0.5) is 5.69 Å². The van der Waals surface area contributed by atoms with E-state index >= 15 is 0 Å². The van der Waals surface area contributed by atoms with E-state index in [1.54, 1.807) is 36.4 Å². The minimum absolute atomic E-state index is 0.172. The molecule has 10 heteroatoms. The summed E-state index contributed by atoms with van der Waals surface area (Å²) in [5, 5.41) is 12.1. The van der Waals surface area contributed by atoms with Crippen LogP contribution in [0.1, 0.15) is 44.8 Å². The lowest BCUT2D eigenvalue weighted by molar-refractivity contribution is 0.102. The van der Waals surface area contributed by atoms with Crippen molar-refractivity contribution in [2.75, 3.05) is 11.9 Å². The molecule has 3 aromatic rings. The summed E-state index contributed by atoms with van der Waals surface area (Å²) in [6, 6.07) is 11.5. The summed E-state index contributed by atoms with van der Waals surface area (Å²) in [4.78, 5) is 12.8. The van der Waals surface area contributed by atoms with Crippen molar-refractivity contribution in [3.8, 4) is 0 Å². The van der Waals surface area contributed by atoms with Crippen LogP contribution in [0.3, 0.4) is 0 Å². The third-order valence-electron chi connectivity index (χ3n) is 5.29. The summed E-state index contributed by atoms with van der Waals surface area (Å²) >= 11 is 7.06. The predicted molar refractivity (Wildman–Crippen MR) is 121 cm³/mol. The molecule has 0 aliphatic carbocycles. The average molecular weight is 477 g/mol. The fourth-order valence-electron chi connectivity index (χ4n) is 3.50. The summed E-state index contributed by atoms with van der Waals surface area (Å²) in [6.07, 6.45) is 1.35. The molecule has 0 bridgehead atoms. The Labute approximate surface area is 190 Å². The second kappa shape index (κ2) is 8.66. The number of nitrogens with zero attached hydrogens (tertiary/aromatic N) is 3. The zero-order valence-corrected chi connectivity index (χ0v) is 19.4. The lowest BCUT2D eigenvalue weighted by atomic mass is 10.1. The Morgan fingerprint density at radius 1 is 1.16 bits per heavy atom. The second-order valence-corrected chi connectivity index (χ2v) is 10.8. The SMILES string of the molecule is Cc1ccc(S(=O)(=O)N2CCCC2c2nnc(C(=O)Nc3cccc(Cl)c3)s2)cc1C. The first-order valence-corrected chi connectivity index (χ1v) is 12.4. The predicted octanol–water partition coefficient (Wildman–Crippen LogP) is 4.59. The minimum Gasteiger partial charge on any atom is -0.320 e. The summed E-state index contributed by atoms with van der Waals surface area (Å²) in [5.74, 6) is -0.410. The van der Waals surface area contributed by atoms with Crippen LogP contribution < -0.4 is 5.32 Å². The maximum Gasteiger partial charge on any atom is 0.286 e. The maximum absolute atomic E-state index is 13.3. The highest BCUT2D eigenvalue weighted by Crippen LogP contribution is 2.38. The molecule has 1 aliphatic rings. The first kappa shape index (κ1) is 21.9. The van der Waals surface area contributed by atoms with Crippen LogP contribution in [-0.2, 0) is 10.0 Å². The number of amides is 1. The molecule has 0 spiro atoms. The van der Waals surface area contributed by atoms with Crippen LogP contribution in [0.25, 0.3) is 0 Å². The van der Waals surface area contributed by atoms with E-state index in [-0.39, 0.29) is 9.90 Å². The molecule has 31 heavy (non-hydrogen) atoms. The van der Waals surface area contributed by atoms with Crippen LogP contribution >= 0.6 is 22.9 Å². The van der Waals surface area contributed by atoms with Crippen LogP contribution in [0, 0.1) is 13.8 Å². The molecule has 1 aliphatic heterocycles. The smallest absolute Gasteiger partial charge is 0.286 e. The minimum atomic E-state index is -3.68. The highest BCUT2D eigenvalue weighted by molar-refractivity contribution is 7.89. The van der Waals surface area contributed by atoms with Gasteiger partial charge < -0.3 is 5.32 Å². The van der Waals surface area contributed by atoms with Gasteiger partial charge in [-0.15, -0.1) is 10.2 Å². The first-order valence-electron chi connectivity index (χ1n) is 9.75. The third-order valence-corrected chi connectivity index (χ3v) is 8.45. The van der Waals surface area contributed by atoms with Gasteiger partial charge in [0.2, 0.25) is 15.0 Å². The number of rotatable bonds is 5. The molecule has 7 nitrogen and oxygen atoms in total. The van der Waals surface area contributed by atoms with Gasteiger partial charge in [-0.1, -0.05) is 35.1 Å². The molecule has 0 saturated carbocycles. The van der Waals surface area contributed by atoms with Crippen LogP contribution in [0.2, 0.25) is 5.02 Å². The van der Waals surface area contributed by atoms with E-state index in [9.17, 15) is 13.2 Å². The lowest BCUT2D eigenvalue weighted by Crippen LogP contribution is -2.30. The van der Waals surface area contributed by atoms with Gasteiger partial charge >= 0.3 is 0 Å². The number of nitrogens with one attached hydrogen (secondary N) is 1. The third kappa shape index (κ3) is 4.50. The molecule has 0 radical (unpaired) electrons. The second-order valence-electron chi connectivity index (χ2n) is 7.43. The first-order chi connectivity index (χ1) is 14.8. The van der Waals surface area contributed by atoms with Crippen LogP contribution in [-0.4, -0.2) is 35.4 Å². The molecule has 4 rings (SSSR count). The summed E-state index contributed by atoms with van der Waals surface area (Å²) < 4.78 is 28.0. The van der Waals surface area contributed by atoms with Crippen molar-refractivity contribution in [1.82, 2.24) is 14.5 Å². The molecule has 2 heterocycles. The van der Waals surface area contributed by atoms with Gasteiger partial charge in [0.05, 0.1) is 10.9 Å². The summed E-state index contributed by atoms with van der Waals surface area (Å²) in [7, 11) is -3.68. The molecule has 162 valence electrons. The van der Waals surface area contributed by atoms with Gasteiger partial charge in [0.1, 0.15) is 5.01 Å². The zero-order chi connectivity index (χ0) is 22.2. The molecule has 1 aromatic heterocycles. The number of sulfonamides is 1. The molecule has 1 fully saturated rings. The van der Waals surface area contributed by atoms with E-state index < -0.39 is 22.0 Å². The largest absolute Gasteiger partial charge is 0.320 e. The van der Waals surface area contributed by atoms with Crippen molar-refractivity contribution in [1.29, 1.82) is 0 Å². The standard InChI is InChI=1S/C21H21ClN4O3S2/c1-13-8-9-17(11-14(13)2)31(28,29)26-10-4-7-18(26)20-24-25-21(30-20)19(27)23-16-6-3-5-15(22)12-16/h3,5-6,8-9,11-12,18H,4,7,10H2,1-2H3,(H,23,27). The number of benzene rings is 2. The van der Waals surface area contributed by atoms with Gasteiger partial charge in [0.25, 0.3) is 5.91 Å². The molecule has 1 amide bonds. The average Bonchev–Trinajstić information content (AvgIpc) is 3.39. The Morgan fingerprint density at radius 2 is 1.97 bits per heavy atom. The molecular formula is C21H21ClN4O3S2. The van der Waals surface area contributed by atoms with Crippen LogP contribution in [0.15, 0.2) is 47.4 Å². The Balaban J connectivity index is 1.56. The highest BCUT2D eigenvalue weighted by Gasteiger charge is 2.38. The number of anilines is 1. The monoisotopic (exact) mass is 476 g/mol. The van der Waals surface area contributed by atoms with Crippen molar-refractivity contribution >= 4 is 44.6 Å². The molecule has 1 atom stereocenters. The quantitative estimate of drug-likeness (QED) is 0.581. The van der Waals surface area contributed by atoms with E-state index in [0.29, 0.717) is 28.7 Å². The fraction of sp³-hybridized carbons (Fsp3) is 0.286. The topological polar surface area (TPSA) is 92.3 Å². The summed E-state index contributed by atoms with van der Waals surface area (Å²) in [5.41, 5.74) is 2.51. The van der Waals surface area contributed by atoms with Crippen molar-refractivity contribution in [3.63, 3.8) is 0 Å². The molecule has 1 saturated heterocycles. The molecule has 2 aromatic carbocycles. The van der Waals surface area contributed by atoms with E-state index in [0.717, 1.165) is 28.9 Å². The van der Waals surface area contributed by atoms with E-state index in [4.69, 9.17) is 11.6 Å². The van der Waals surface area contributed by atoms with E-state index in [2.05, 4.69) is 15.5 Å². The normalized spacial score (nSPS) is 17.1. The van der Waals surface area contributed by atoms with Gasteiger partial charge in [-0.05, 0) is 68.1 Å². The van der Waals surface area contributed by atoms with Crippen molar-refractivity contribution < 1.29 is 13.2 Å². The van der Waals surface area contributed by atoms with Gasteiger partial charge in [-0.25, -0.2) is 8.42 Å². The number of aromatic nitrogens is 2. The van der Waals surface area contributed by atoms with Crippen molar-refractivity contribution in [2.24, 2.45) is 0 Å². The van der Waals surface area contributed by atoms with Crippen molar-refractivity contribution in [2.45, 2.75) is 37.6 Å². The lowest BCUT2D eigenvalue weighted by Gasteiger charge is -2.22. The van der Waals surface area contributed by atoms with E-state index in [1.807, 2.05) is 19.9 Å². The Morgan fingerprint density at radius 3 is 2.71 bits per heavy atom.